The zero-order valence-corrected chi connectivity index (χ0v) is 22.1. The van der Waals surface area contributed by atoms with Crippen molar-refractivity contribution in [2.75, 3.05) is 48.9 Å². The molecule has 0 saturated carbocycles. The predicted octanol–water partition coefficient (Wildman–Crippen LogP) is 4.69. The molecule has 1 unspecified atom stereocenters. The van der Waals surface area contributed by atoms with Gasteiger partial charge in [0.2, 0.25) is 11.9 Å². The quantitative estimate of drug-likeness (QED) is 0.412. The predicted molar refractivity (Wildman–Crippen MR) is 148 cm³/mol. The van der Waals surface area contributed by atoms with E-state index in [2.05, 4.69) is 37.6 Å². The Labute approximate surface area is 222 Å². The molecule has 1 saturated heterocycles. The summed E-state index contributed by atoms with van der Waals surface area (Å²) < 4.78 is 5.42. The van der Waals surface area contributed by atoms with E-state index in [-0.39, 0.29) is 5.91 Å². The highest BCUT2D eigenvalue weighted by Gasteiger charge is 2.37. The zero-order chi connectivity index (χ0) is 27.3. The van der Waals surface area contributed by atoms with Gasteiger partial charge in [0.15, 0.2) is 0 Å². The number of likely N-dealkylation sites (N-methyl/N-ethyl adjacent to an activating group) is 1. The minimum atomic E-state index is -1.16. The number of carbonyl (C=O) groups excluding carboxylic acids is 1. The number of morpholine rings is 1. The number of anilines is 4. The van der Waals surface area contributed by atoms with Gasteiger partial charge >= 0.3 is 6.09 Å². The molecule has 1 aliphatic heterocycles. The molecular weight excluding hydrogens is 484 g/mol. The van der Waals surface area contributed by atoms with E-state index in [1.807, 2.05) is 51.1 Å². The molecule has 3 N–H and O–H groups in total. The van der Waals surface area contributed by atoms with Crippen LogP contribution in [0.3, 0.4) is 0 Å². The molecule has 2 heterocycles. The van der Waals surface area contributed by atoms with Gasteiger partial charge in [0, 0.05) is 49.0 Å². The Balaban J connectivity index is 1.42. The molecule has 3 aromatic rings. The lowest BCUT2D eigenvalue weighted by Gasteiger charge is -2.35. The third-order valence-electron chi connectivity index (χ3n) is 6.36. The Morgan fingerprint density at radius 3 is 2.24 bits per heavy atom. The van der Waals surface area contributed by atoms with E-state index in [4.69, 9.17) is 4.74 Å². The molecule has 38 heavy (non-hydrogen) atoms. The molecule has 1 aliphatic rings. The summed E-state index contributed by atoms with van der Waals surface area (Å²) in [5.41, 5.74) is 3.61. The summed E-state index contributed by atoms with van der Waals surface area (Å²) in [5.74, 6) is 0.0899. The number of carbonyl (C=O) groups is 2. The molecule has 1 aromatic heterocycles. The van der Waals surface area contributed by atoms with Crippen LogP contribution in [-0.2, 0) is 9.53 Å². The minimum Gasteiger partial charge on any atom is -0.465 e. The van der Waals surface area contributed by atoms with Gasteiger partial charge in [0.25, 0.3) is 0 Å². The van der Waals surface area contributed by atoms with Crippen LogP contribution in [0.15, 0.2) is 60.8 Å². The van der Waals surface area contributed by atoms with E-state index in [0.717, 1.165) is 53.8 Å². The number of aromatic nitrogens is 2. The second-order valence-corrected chi connectivity index (χ2v) is 10.3. The summed E-state index contributed by atoms with van der Waals surface area (Å²) in [4.78, 5) is 36.7. The lowest BCUT2D eigenvalue weighted by atomic mass is 9.85. The van der Waals surface area contributed by atoms with Gasteiger partial charge < -0.3 is 25.4 Å². The monoisotopic (exact) mass is 518 g/mol. The largest absolute Gasteiger partial charge is 0.465 e. The fraction of sp³-hybridized carbons (Fsp3) is 0.357. The van der Waals surface area contributed by atoms with Crippen molar-refractivity contribution >= 4 is 35.0 Å². The summed E-state index contributed by atoms with van der Waals surface area (Å²) in [7, 11) is 1.40. The number of hydrogen-bond donors (Lipinski definition) is 3. The highest BCUT2D eigenvalue weighted by molar-refractivity contribution is 5.97. The summed E-state index contributed by atoms with van der Waals surface area (Å²) in [5, 5.41) is 15.5. The molecule has 200 valence electrons. The fourth-order valence-corrected chi connectivity index (χ4v) is 4.48. The summed E-state index contributed by atoms with van der Waals surface area (Å²) >= 11 is 0. The topological polar surface area (TPSA) is 120 Å². The maximum Gasteiger partial charge on any atom is 0.407 e. The van der Waals surface area contributed by atoms with Gasteiger partial charge in [-0.05, 0) is 47.9 Å². The van der Waals surface area contributed by atoms with Crippen molar-refractivity contribution in [2.45, 2.75) is 26.8 Å². The van der Waals surface area contributed by atoms with Gasteiger partial charge in [-0.25, -0.2) is 14.8 Å². The molecule has 0 aliphatic carbocycles. The molecule has 0 spiro atoms. The number of hydrogen-bond acceptors (Lipinski definition) is 7. The van der Waals surface area contributed by atoms with Crippen LogP contribution in [0.5, 0.6) is 0 Å². The third-order valence-corrected chi connectivity index (χ3v) is 6.36. The molecule has 10 heteroatoms. The second kappa shape index (κ2) is 11.5. The van der Waals surface area contributed by atoms with E-state index in [0.29, 0.717) is 11.6 Å². The van der Waals surface area contributed by atoms with Crippen LogP contribution in [0.2, 0.25) is 0 Å². The van der Waals surface area contributed by atoms with Crippen LogP contribution >= 0.6 is 0 Å². The van der Waals surface area contributed by atoms with Crippen molar-refractivity contribution in [3.63, 3.8) is 0 Å². The van der Waals surface area contributed by atoms with Crippen molar-refractivity contribution in [1.29, 1.82) is 0 Å². The fourth-order valence-electron chi connectivity index (χ4n) is 4.48. The lowest BCUT2D eigenvalue weighted by Crippen LogP contribution is -2.51. The number of amides is 2. The molecule has 0 bridgehead atoms. The SMILES string of the molecule is CN(C(=O)O)C(C(=O)Nc1ccc(-c2ccnc(Nc3ccc(N4CCOCC4)cc3)n2)cc1)C(C)(C)C. The molecule has 0 radical (unpaired) electrons. The molecule has 2 amide bonds. The third kappa shape index (κ3) is 6.57. The van der Waals surface area contributed by atoms with Crippen LogP contribution in [0.25, 0.3) is 11.3 Å². The van der Waals surface area contributed by atoms with Gasteiger partial charge in [-0.3, -0.25) is 9.69 Å². The highest BCUT2D eigenvalue weighted by atomic mass is 16.5. The number of rotatable bonds is 7. The lowest BCUT2D eigenvalue weighted by molar-refractivity contribution is -0.123. The summed E-state index contributed by atoms with van der Waals surface area (Å²) in [6, 6.07) is 16.4. The standard InChI is InChI=1S/C28H34N6O4/c1-28(2,3)24(33(4)27(36)37)25(35)30-20-7-5-19(6-8-20)23-13-14-29-26(32-23)31-21-9-11-22(12-10-21)34-15-17-38-18-16-34/h5-14,24H,15-18H2,1-4H3,(H,30,35)(H,36,37)(H,29,31,32). The van der Waals surface area contributed by atoms with E-state index in [1.165, 1.54) is 7.05 Å². The van der Waals surface area contributed by atoms with Gasteiger partial charge in [-0.15, -0.1) is 0 Å². The van der Waals surface area contributed by atoms with Crippen molar-refractivity contribution in [1.82, 2.24) is 14.9 Å². The van der Waals surface area contributed by atoms with E-state index < -0.39 is 17.6 Å². The molecule has 10 nitrogen and oxygen atoms in total. The summed E-state index contributed by atoms with van der Waals surface area (Å²) in [6.07, 6.45) is 0.537. The normalized spacial score (nSPS) is 14.5. The smallest absolute Gasteiger partial charge is 0.407 e. The average molecular weight is 519 g/mol. The van der Waals surface area contributed by atoms with Gasteiger partial charge in [0.1, 0.15) is 6.04 Å². The molecule has 1 atom stereocenters. The van der Waals surface area contributed by atoms with E-state index in [1.54, 1.807) is 18.3 Å². The van der Waals surface area contributed by atoms with Gasteiger partial charge in [0.05, 0.1) is 18.9 Å². The Morgan fingerprint density at radius 1 is 1.00 bits per heavy atom. The van der Waals surface area contributed by atoms with Crippen molar-refractivity contribution in [3.05, 3.63) is 60.8 Å². The maximum absolute atomic E-state index is 12.9. The van der Waals surface area contributed by atoms with Gasteiger partial charge in [-0.1, -0.05) is 32.9 Å². The first kappa shape index (κ1) is 26.9. The first-order chi connectivity index (χ1) is 18.1. The van der Waals surface area contributed by atoms with Crippen LogP contribution in [-0.4, -0.2) is 71.4 Å². The first-order valence-corrected chi connectivity index (χ1v) is 12.5. The number of carboxylic acid groups (broad SMARTS) is 1. The van der Waals surface area contributed by atoms with Crippen molar-refractivity contribution in [2.24, 2.45) is 5.41 Å². The number of nitrogens with one attached hydrogen (secondary N) is 2. The van der Waals surface area contributed by atoms with Crippen LogP contribution < -0.4 is 15.5 Å². The molecular formula is C28H34N6O4. The van der Waals surface area contributed by atoms with Crippen molar-refractivity contribution in [3.8, 4) is 11.3 Å². The Hall–Kier alpha value is -4.18. The van der Waals surface area contributed by atoms with Crippen LogP contribution in [0, 0.1) is 5.41 Å². The summed E-state index contributed by atoms with van der Waals surface area (Å²) in [6.45, 7) is 8.76. The van der Waals surface area contributed by atoms with Gasteiger partial charge in [-0.2, -0.15) is 0 Å². The zero-order valence-electron chi connectivity index (χ0n) is 22.1. The van der Waals surface area contributed by atoms with Crippen molar-refractivity contribution < 1.29 is 19.4 Å². The Kier molecular flexibility index (Phi) is 8.11. The molecule has 4 rings (SSSR count). The minimum absolute atomic E-state index is 0.386. The van der Waals surface area contributed by atoms with E-state index in [9.17, 15) is 14.7 Å². The van der Waals surface area contributed by atoms with E-state index >= 15 is 0 Å². The van der Waals surface area contributed by atoms with Crippen LogP contribution in [0.4, 0.5) is 27.8 Å². The Morgan fingerprint density at radius 2 is 1.63 bits per heavy atom. The first-order valence-electron chi connectivity index (χ1n) is 12.5. The highest BCUT2D eigenvalue weighted by Crippen LogP contribution is 2.27. The number of nitrogens with zero attached hydrogens (tertiary/aromatic N) is 4. The van der Waals surface area contributed by atoms with Crippen LogP contribution in [0.1, 0.15) is 20.8 Å². The molecule has 2 aromatic carbocycles. The Bertz CT molecular complexity index is 1250. The number of benzene rings is 2. The maximum atomic E-state index is 12.9. The number of ether oxygens (including phenoxy) is 1. The average Bonchev–Trinajstić information content (AvgIpc) is 2.89. The second-order valence-electron chi connectivity index (χ2n) is 10.3. The molecule has 1 fully saturated rings.